The summed E-state index contributed by atoms with van der Waals surface area (Å²) in [5, 5.41) is 5.63. The van der Waals surface area contributed by atoms with Gasteiger partial charge in [0.1, 0.15) is 0 Å². The summed E-state index contributed by atoms with van der Waals surface area (Å²) in [6.07, 6.45) is 0. The van der Waals surface area contributed by atoms with Gasteiger partial charge in [-0.1, -0.05) is 36.4 Å². The molecule has 0 spiro atoms. The summed E-state index contributed by atoms with van der Waals surface area (Å²) in [5.41, 5.74) is 2.66. The number of aromatic nitrogens is 2. The van der Waals surface area contributed by atoms with Gasteiger partial charge in [0.25, 0.3) is 11.5 Å². The molecule has 2 heterocycles. The van der Waals surface area contributed by atoms with E-state index >= 15 is 0 Å². The van der Waals surface area contributed by atoms with Gasteiger partial charge in [0.05, 0.1) is 11.4 Å². The van der Waals surface area contributed by atoms with Gasteiger partial charge in [0.15, 0.2) is 5.69 Å². The zero-order chi connectivity index (χ0) is 20.5. The summed E-state index contributed by atoms with van der Waals surface area (Å²) in [6.45, 7) is 8.72. The predicted octanol–water partition coefficient (Wildman–Crippen LogP) is 3.25. The lowest BCUT2D eigenvalue weighted by molar-refractivity contribution is 0.0740. The molecule has 0 aliphatic carbocycles. The number of piperazine rings is 1. The lowest BCUT2D eigenvalue weighted by atomic mass is 10.1. The highest BCUT2D eigenvalue weighted by Gasteiger charge is 2.26. The second-order valence-electron chi connectivity index (χ2n) is 7.80. The van der Waals surface area contributed by atoms with Crippen LogP contribution in [0.1, 0.15) is 35.9 Å². The van der Waals surface area contributed by atoms with Crippen molar-refractivity contribution in [3.05, 3.63) is 70.1 Å². The first kappa shape index (κ1) is 19.2. The summed E-state index contributed by atoms with van der Waals surface area (Å²) in [4.78, 5) is 30.2. The lowest BCUT2D eigenvalue weighted by Gasteiger charge is -2.36. The molecule has 6 nitrogen and oxygen atoms in total. The van der Waals surface area contributed by atoms with Crippen LogP contribution in [0.25, 0.3) is 10.8 Å². The normalized spacial score (nSPS) is 14.6. The average molecular weight is 390 g/mol. The fourth-order valence-corrected chi connectivity index (χ4v) is 3.93. The Kier molecular flexibility index (Phi) is 5.09. The Labute approximate surface area is 170 Å². The zero-order valence-electron chi connectivity index (χ0n) is 17.1. The first-order valence-corrected chi connectivity index (χ1v) is 10.1. The number of hydrogen-bond donors (Lipinski definition) is 0. The highest BCUT2D eigenvalue weighted by atomic mass is 16.2. The number of para-hydroxylation sites is 1. The molecule has 1 amide bonds. The molecule has 6 heteroatoms. The first-order valence-electron chi connectivity index (χ1n) is 10.1. The minimum absolute atomic E-state index is 0.111. The molecule has 0 N–H and O–H groups in total. The van der Waals surface area contributed by atoms with E-state index in [1.807, 2.05) is 49.1 Å². The van der Waals surface area contributed by atoms with Crippen molar-refractivity contribution in [2.75, 3.05) is 31.1 Å². The number of nitrogens with zero attached hydrogens (tertiary/aromatic N) is 4. The van der Waals surface area contributed by atoms with E-state index in [0.717, 1.165) is 13.1 Å². The molecule has 1 aliphatic rings. The number of benzene rings is 2. The summed E-state index contributed by atoms with van der Waals surface area (Å²) < 4.78 is 1.42. The van der Waals surface area contributed by atoms with Crippen LogP contribution in [-0.2, 0) is 0 Å². The minimum atomic E-state index is -0.156. The molecule has 2 aromatic carbocycles. The van der Waals surface area contributed by atoms with E-state index in [1.54, 1.807) is 6.07 Å². The van der Waals surface area contributed by atoms with Crippen LogP contribution in [0.2, 0.25) is 0 Å². The molecule has 1 fully saturated rings. The molecule has 1 aromatic heterocycles. The maximum absolute atomic E-state index is 13.3. The van der Waals surface area contributed by atoms with Gasteiger partial charge in [0.2, 0.25) is 0 Å². The number of anilines is 1. The molecule has 0 saturated carbocycles. The number of aryl methyl sites for hydroxylation is 1. The standard InChI is InChI=1S/C23H26N4O2/c1-16(2)27-22(28)19-10-6-5-9-18(19)21(24-27)23(29)26-14-12-25(13-15-26)20-11-7-4-8-17(20)3/h4-11,16H,12-15H2,1-3H3. The van der Waals surface area contributed by atoms with Crippen molar-refractivity contribution < 1.29 is 4.79 Å². The highest BCUT2D eigenvalue weighted by Crippen LogP contribution is 2.22. The van der Waals surface area contributed by atoms with Crippen molar-refractivity contribution in [2.45, 2.75) is 26.8 Å². The van der Waals surface area contributed by atoms with Gasteiger partial charge < -0.3 is 9.80 Å². The van der Waals surface area contributed by atoms with Crippen LogP contribution in [0, 0.1) is 6.92 Å². The fraction of sp³-hybridized carbons (Fsp3) is 0.348. The van der Waals surface area contributed by atoms with Crippen LogP contribution < -0.4 is 10.5 Å². The van der Waals surface area contributed by atoms with Gasteiger partial charge in [-0.05, 0) is 38.5 Å². The van der Waals surface area contributed by atoms with E-state index in [0.29, 0.717) is 29.6 Å². The number of amides is 1. The van der Waals surface area contributed by atoms with E-state index < -0.39 is 0 Å². The Balaban J connectivity index is 1.63. The second-order valence-corrected chi connectivity index (χ2v) is 7.80. The van der Waals surface area contributed by atoms with Crippen LogP contribution in [0.4, 0.5) is 5.69 Å². The molecule has 1 saturated heterocycles. The van der Waals surface area contributed by atoms with Gasteiger partial charge in [0, 0.05) is 37.3 Å². The third-order valence-corrected chi connectivity index (χ3v) is 5.54. The third kappa shape index (κ3) is 3.50. The maximum atomic E-state index is 13.3. The summed E-state index contributed by atoms with van der Waals surface area (Å²) in [7, 11) is 0. The number of rotatable bonds is 3. The van der Waals surface area contributed by atoms with E-state index in [-0.39, 0.29) is 17.5 Å². The second kappa shape index (κ2) is 7.70. The molecule has 0 unspecified atom stereocenters. The van der Waals surface area contributed by atoms with Crippen molar-refractivity contribution in [2.24, 2.45) is 0 Å². The monoisotopic (exact) mass is 390 g/mol. The van der Waals surface area contributed by atoms with Crippen LogP contribution in [-0.4, -0.2) is 46.8 Å². The first-order chi connectivity index (χ1) is 14.0. The Hall–Kier alpha value is -3.15. The molecule has 0 radical (unpaired) electrons. The van der Waals surface area contributed by atoms with E-state index in [4.69, 9.17) is 0 Å². The quantitative estimate of drug-likeness (QED) is 0.689. The zero-order valence-corrected chi connectivity index (χ0v) is 17.1. The van der Waals surface area contributed by atoms with Crippen molar-refractivity contribution >= 4 is 22.4 Å². The smallest absolute Gasteiger partial charge is 0.275 e. The maximum Gasteiger partial charge on any atom is 0.275 e. The van der Waals surface area contributed by atoms with Crippen molar-refractivity contribution in [3.8, 4) is 0 Å². The molecule has 3 aromatic rings. The van der Waals surface area contributed by atoms with Gasteiger partial charge in [-0.15, -0.1) is 0 Å². The Morgan fingerprint density at radius 3 is 2.21 bits per heavy atom. The van der Waals surface area contributed by atoms with E-state index in [1.165, 1.54) is 15.9 Å². The Morgan fingerprint density at radius 2 is 1.55 bits per heavy atom. The number of carbonyl (C=O) groups is 1. The van der Waals surface area contributed by atoms with Gasteiger partial charge in [-0.3, -0.25) is 9.59 Å². The summed E-state index contributed by atoms with van der Waals surface area (Å²) >= 11 is 0. The Morgan fingerprint density at radius 1 is 0.931 bits per heavy atom. The van der Waals surface area contributed by atoms with Gasteiger partial charge >= 0.3 is 0 Å². The van der Waals surface area contributed by atoms with Crippen molar-refractivity contribution in [1.29, 1.82) is 0 Å². The molecule has 29 heavy (non-hydrogen) atoms. The molecule has 0 atom stereocenters. The average Bonchev–Trinajstić information content (AvgIpc) is 2.74. The highest BCUT2D eigenvalue weighted by molar-refractivity contribution is 6.04. The third-order valence-electron chi connectivity index (χ3n) is 5.54. The Bertz CT molecular complexity index is 1110. The SMILES string of the molecule is Cc1ccccc1N1CCN(C(=O)c2nn(C(C)C)c(=O)c3ccccc23)CC1. The molecule has 150 valence electrons. The summed E-state index contributed by atoms with van der Waals surface area (Å²) in [6, 6.07) is 15.5. The number of carbonyl (C=O) groups excluding carboxylic acids is 1. The molecule has 4 rings (SSSR count). The van der Waals surface area contributed by atoms with Gasteiger partial charge in [-0.2, -0.15) is 5.10 Å². The van der Waals surface area contributed by atoms with Gasteiger partial charge in [-0.25, -0.2) is 4.68 Å². The van der Waals surface area contributed by atoms with Crippen molar-refractivity contribution in [3.63, 3.8) is 0 Å². The molecular formula is C23H26N4O2. The topological polar surface area (TPSA) is 58.4 Å². The van der Waals surface area contributed by atoms with E-state index in [9.17, 15) is 9.59 Å². The molecule has 1 aliphatic heterocycles. The van der Waals surface area contributed by atoms with Crippen LogP contribution in [0.5, 0.6) is 0 Å². The molecular weight excluding hydrogens is 364 g/mol. The van der Waals surface area contributed by atoms with E-state index in [2.05, 4.69) is 29.1 Å². The van der Waals surface area contributed by atoms with Crippen molar-refractivity contribution in [1.82, 2.24) is 14.7 Å². The number of fused-ring (bicyclic) bond motifs is 1. The van der Waals surface area contributed by atoms with Crippen LogP contribution in [0.3, 0.4) is 0 Å². The number of hydrogen-bond acceptors (Lipinski definition) is 4. The summed E-state index contributed by atoms with van der Waals surface area (Å²) in [5.74, 6) is -0.111. The lowest BCUT2D eigenvalue weighted by Crippen LogP contribution is -2.49. The largest absolute Gasteiger partial charge is 0.368 e. The minimum Gasteiger partial charge on any atom is -0.368 e. The molecule has 0 bridgehead atoms. The fourth-order valence-electron chi connectivity index (χ4n) is 3.93. The van der Waals surface area contributed by atoms with Crippen LogP contribution in [0.15, 0.2) is 53.3 Å². The van der Waals surface area contributed by atoms with Crippen LogP contribution >= 0.6 is 0 Å². The predicted molar refractivity (Wildman–Crippen MR) is 116 cm³/mol.